The van der Waals surface area contributed by atoms with Gasteiger partial charge in [-0.05, 0) is 18.8 Å². The van der Waals surface area contributed by atoms with E-state index in [9.17, 15) is 14.4 Å². The van der Waals surface area contributed by atoms with E-state index in [1.165, 1.54) is 4.90 Å². The molecule has 0 bridgehead atoms. The van der Waals surface area contributed by atoms with E-state index in [1.807, 2.05) is 13.8 Å². The molecular weight excluding hydrogens is 276 g/mol. The number of hydrogen-bond donors (Lipinski definition) is 1. The zero-order chi connectivity index (χ0) is 14.7. The maximum atomic E-state index is 11.9. The highest BCUT2D eigenvalue weighted by atomic mass is 32.2. The van der Waals surface area contributed by atoms with Crippen LogP contribution in [0.15, 0.2) is 0 Å². The second kappa shape index (κ2) is 6.61. The van der Waals surface area contributed by atoms with E-state index in [1.54, 1.807) is 0 Å². The van der Waals surface area contributed by atoms with Crippen LogP contribution in [0.5, 0.6) is 0 Å². The minimum Gasteiger partial charge on any atom is -0.351 e. The summed E-state index contributed by atoms with van der Waals surface area (Å²) in [5, 5.41) is 2.86. The summed E-state index contributed by atoms with van der Waals surface area (Å²) in [7, 11) is 0. The molecule has 1 saturated heterocycles. The lowest BCUT2D eigenvalue weighted by Gasteiger charge is -2.36. The number of rotatable bonds is 4. The summed E-state index contributed by atoms with van der Waals surface area (Å²) >= 11 is 1.06. The molecular formula is C14H22N2O3S. The molecule has 1 N–H and O–H groups in total. The Balaban J connectivity index is 2.03. The second-order valence-electron chi connectivity index (χ2n) is 5.94. The van der Waals surface area contributed by atoms with Gasteiger partial charge in [-0.2, -0.15) is 0 Å². The summed E-state index contributed by atoms with van der Waals surface area (Å²) in [6.45, 7) is 4.00. The minimum atomic E-state index is -0.162. The molecule has 0 spiro atoms. The fraction of sp³-hybridized carbons (Fsp3) is 0.786. The van der Waals surface area contributed by atoms with E-state index in [-0.39, 0.29) is 34.9 Å². The van der Waals surface area contributed by atoms with Crippen molar-refractivity contribution >= 4 is 28.8 Å². The fourth-order valence-corrected chi connectivity index (χ4v) is 3.67. The van der Waals surface area contributed by atoms with E-state index >= 15 is 0 Å². The molecule has 2 fully saturated rings. The summed E-state index contributed by atoms with van der Waals surface area (Å²) < 4.78 is 0. The van der Waals surface area contributed by atoms with Crippen molar-refractivity contribution in [1.29, 1.82) is 0 Å². The van der Waals surface area contributed by atoms with Crippen molar-refractivity contribution in [3.63, 3.8) is 0 Å². The molecule has 5 nitrogen and oxygen atoms in total. The first-order valence-electron chi connectivity index (χ1n) is 7.27. The molecule has 1 aliphatic heterocycles. The molecule has 112 valence electrons. The standard InChI is InChI=1S/C14H22N2O3S/c1-9(2)7-12(17)15-10-5-3-4-6-11(10)16-13(18)8-20-14(16)19/h9-11H,3-8H2,1-2H3,(H,15,17). The van der Waals surface area contributed by atoms with Gasteiger partial charge in [-0.1, -0.05) is 38.5 Å². The van der Waals surface area contributed by atoms with Crippen LogP contribution in [0.25, 0.3) is 0 Å². The van der Waals surface area contributed by atoms with Crippen molar-refractivity contribution in [2.45, 2.75) is 58.0 Å². The molecule has 0 aromatic carbocycles. The number of nitrogens with one attached hydrogen (secondary N) is 1. The Bertz CT molecular complexity index is 395. The number of imide groups is 1. The Morgan fingerprint density at radius 3 is 2.65 bits per heavy atom. The van der Waals surface area contributed by atoms with Crippen molar-refractivity contribution in [3.05, 3.63) is 0 Å². The Morgan fingerprint density at radius 1 is 1.35 bits per heavy atom. The first kappa shape index (κ1) is 15.4. The van der Waals surface area contributed by atoms with Crippen molar-refractivity contribution in [2.75, 3.05) is 5.75 Å². The Kier molecular flexibility index (Phi) is 5.07. The van der Waals surface area contributed by atoms with Crippen LogP contribution in [0.2, 0.25) is 0 Å². The molecule has 6 heteroatoms. The van der Waals surface area contributed by atoms with Gasteiger partial charge in [0.05, 0.1) is 11.8 Å². The van der Waals surface area contributed by atoms with Crippen molar-refractivity contribution in [1.82, 2.24) is 10.2 Å². The molecule has 0 aromatic heterocycles. The molecule has 3 amide bonds. The zero-order valence-electron chi connectivity index (χ0n) is 12.1. The average Bonchev–Trinajstić information content (AvgIpc) is 2.69. The number of carbonyl (C=O) groups excluding carboxylic acids is 3. The normalized spacial score (nSPS) is 27.2. The SMILES string of the molecule is CC(C)CC(=O)NC1CCCCC1N1C(=O)CSC1=O. The van der Waals surface area contributed by atoms with Crippen LogP contribution in [0.4, 0.5) is 4.79 Å². The lowest BCUT2D eigenvalue weighted by Crippen LogP contribution is -2.54. The van der Waals surface area contributed by atoms with Crippen molar-refractivity contribution < 1.29 is 14.4 Å². The monoisotopic (exact) mass is 298 g/mol. The molecule has 0 radical (unpaired) electrons. The Morgan fingerprint density at radius 2 is 2.05 bits per heavy atom. The quantitative estimate of drug-likeness (QED) is 0.863. The first-order valence-corrected chi connectivity index (χ1v) is 8.25. The first-order chi connectivity index (χ1) is 9.49. The third-order valence-electron chi connectivity index (χ3n) is 3.79. The molecule has 20 heavy (non-hydrogen) atoms. The number of amides is 3. The minimum absolute atomic E-state index is 0.0173. The highest BCUT2D eigenvalue weighted by Crippen LogP contribution is 2.30. The van der Waals surface area contributed by atoms with Crippen LogP contribution in [0, 0.1) is 5.92 Å². The van der Waals surface area contributed by atoms with Gasteiger partial charge < -0.3 is 5.32 Å². The Labute approximate surface area is 123 Å². The third-order valence-corrected chi connectivity index (χ3v) is 4.62. The maximum absolute atomic E-state index is 11.9. The van der Waals surface area contributed by atoms with Gasteiger partial charge >= 0.3 is 0 Å². The predicted octanol–water partition coefficient (Wildman–Crippen LogP) is 2.16. The maximum Gasteiger partial charge on any atom is 0.289 e. The molecule has 2 aliphatic rings. The molecule has 1 heterocycles. The number of nitrogens with zero attached hydrogens (tertiary/aromatic N) is 1. The average molecular weight is 298 g/mol. The summed E-state index contributed by atoms with van der Waals surface area (Å²) in [6, 6.07) is -0.239. The molecule has 2 rings (SSSR count). The predicted molar refractivity (Wildman–Crippen MR) is 78.3 cm³/mol. The van der Waals surface area contributed by atoms with E-state index in [4.69, 9.17) is 0 Å². The fourth-order valence-electron chi connectivity index (χ4n) is 2.91. The van der Waals surface area contributed by atoms with Gasteiger partial charge in [0.1, 0.15) is 0 Å². The third kappa shape index (κ3) is 3.53. The van der Waals surface area contributed by atoms with E-state index in [2.05, 4.69) is 5.32 Å². The van der Waals surface area contributed by atoms with Crippen LogP contribution >= 0.6 is 11.8 Å². The highest BCUT2D eigenvalue weighted by Gasteiger charge is 2.41. The van der Waals surface area contributed by atoms with Gasteiger partial charge in [0.2, 0.25) is 11.8 Å². The topological polar surface area (TPSA) is 66.5 Å². The number of hydrogen-bond acceptors (Lipinski definition) is 4. The number of carbonyl (C=O) groups is 3. The summed E-state index contributed by atoms with van der Waals surface area (Å²) in [4.78, 5) is 37.0. The summed E-state index contributed by atoms with van der Waals surface area (Å²) in [5.41, 5.74) is 0. The highest BCUT2D eigenvalue weighted by molar-refractivity contribution is 8.14. The molecule has 1 aliphatic carbocycles. The van der Waals surface area contributed by atoms with E-state index in [0.29, 0.717) is 12.3 Å². The van der Waals surface area contributed by atoms with Crippen LogP contribution in [0.1, 0.15) is 46.0 Å². The molecule has 2 atom stereocenters. The van der Waals surface area contributed by atoms with Crippen molar-refractivity contribution in [2.24, 2.45) is 5.92 Å². The van der Waals surface area contributed by atoms with Gasteiger partial charge in [-0.3, -0.25) is 19.3 Å². The van der Waals surface area contributed by atoms with Crippen LogP contribution in [-0.2, 0) is 9.59 Å². The smallest absolute Gasteiger partial charge is 0.289 e. The lowest BCUT2D eigenvalue weighted by atomic mass is 9.89. The zero-order valence-corrected chi connectivity index (χ0v) is 12.9. The van der Waals surface area contributed by atoms with Gasteiger partial charge in [-0.25, -0.2) is 0 Å². The largest absolute Gasteiger partial charge is 0.351 e. The van der Waals surface area contributed by atoms with Crippen molar-refractivity contribution in [3.8, 4) is 0 Å². The van der Waals surface area contributed by atoms with Gasteiger partial charge in [0, 0.05) is 12.5 Å². The van der Waals surface area contributed by atoms with E-state index in [0.717, 1.165) is 37.4 Å². The summed E-state index contributed by atoms with van der Waals surface area (Å²) in [6.07, 6.45) is 4.16. The van der Waals surface area contributed by atoms with Crippen LogP contribution < -0.4 is 5.32 Å². The Hall–Kier alpha value is -1.04. The van der Waals surface area contributed by atoms with Crippen LogP contribution in [0.3, 0.4) is 0 Å². The van der Waals surface area contributed by atoms with E-state index < -0.39 is 0 Å². The lowest BCUT2D eigenvalue weighted by molar-refractivity contribution is -0.129. The van der Waals surface area contributed by atoms with Gasteiger partial charge in [0.25, 0.3) is 5.24 Å². The molecule has 2 unspecified atom stereocenters. The van der Waals surface area contributed by atoms with Crippen LogP contribution in [-0.4, -0.2) is 39.8 Å². The molecule has 0 aromatic rings. The second-order valence-corrected chi connectivity index (χ2v) is 6.87. The molecule has 1 saturated carbocycles. The van der Waals surface area contributed by atoms with Gasteiger partial charge in [0.15, 0.2) is 0 Å². The van der Waals surface area contributed by atoms with Gasteiger partial charge in [-0.15, -0.1) is 0 Å². The number of thioether (sulfide) groups is 1. The summed E-state index contributed by atoms with van der Waals surface area (Å²) in [5.74, 6) is 0.448.